The predicted octanol–water partition coefficient (Wildman–Crippen LogP) is 3.23. The van der Waals surface area contributed by atoms with E-state index in [1.54, 1.807) is 18.2 Å². The van der Waals surface area contributed by atoms with Crippen molar-refractivity contribution < 1.29 is 23.4 Å². The van der Waals surface area contributed by atoms with Gasteiger partial charge < -0.3 is 19.7 Å². The fourth-order valence-electron chi connectivity index (χ4n) is 3.16. The van der Waals surface area contributed by atoms with Gasteiger partial charge in [0, 0.05) is 43.3 Å². The summed E-state index contributed by atoms with van der Waals surface area (Å²) in [6, 6.07) is 9.08. The first-order chi connectivity index (χ1) is 14.8. The number of ether oxygens (including phenoxy) is 2. The number of hydrogen-bond acceptors (Lipinski definition) is 8. The number of anilines is 2. The molecule has 0 atom stereocenters. The second kappa shape index (κ2) is 10.9. The molecule has 2 aromatic rings. The zero-order chi connectivity index (χ0) is 22.3. The van der Waals surface area contributed by atoms with E-state index in [2.05, 4.69) is 15.2 Å². The number of morpholine rings is 1. The monoisotopic (exact) mass is 450 g/mol. The van der Waals surface area contributed by atoms with Gasteiger partial charge in [-0.25, -0.2) is 9.97 Å². The van der Waals surface area contributed by atoms with Crippen LogP contribution in [0.3, 0.4) is 0 Å². The van der Waals surface area contributed by atoms with Crippen molar-refractivity contribution in [3.8, 4) is 11.4 Å². The maximum atomic E-state index is 12.0. The average Bonchev–Trinajstić information content (AvgIpc) is 2.74. The molecule has 1 aliphatic heterocycles. The normalized spacial score (nSPS) is 15.0. The molecule has 3 rings (SSSR count). The molecule has 170 valence electrons. The molecule has 1 amide bonds. The summed E-state index contributed by atoms with van der Waals surface area (Å²) in [5.74, 6) is 1.19. The lowest BCUT2D eigenvalue weighted by molar-refractivity contribution is -0.117. The summed E-state index contributed by atoms with van der Waals surface area (Å²) in [5.41, 5.74) is 2.02. The van der Waals surface area contributed by atoms with Crippen LogP contribution in [0.15, 0.2) is 30.3 Å². The van der Waals surface area contributed by atoms with Crippen LogP contribution in [-0.2, 0) is 20.0 Å². The molecule has 2 heterocycles. The molecule has 1 aromatic carbocycles. The summed E-state index contributed by atoms with van der Waals surface area (Å²) in [4.78, 5) is 23.3. The highest BCUT2D eigenvalue weighted by atomic mass is 32.3. The topological polar surface area (TPSA) is 117 Å². The Morgan fingerprint density at radius 2 is 1.94 bits per heavy atom. The van der Waals surface area contributed by atoms with Crippen molar-refractivity contribution in [2.75, 3.05) is 56.0 Å². The molecule has 0 aliphatic carbocycles. The second-order valence-corrected chi connectivity index (χ2v) is 9.63. The van der Waals surface area contributed by atoms with Crippen LogP contribution in [0, 0.1) is 0 Å². The van der Waals surface area contributed by atoms with Crippen LogP contribution in [0.25, 0.3) is 11.4 Å². The lowest BCUT2D eigenvalue weighted by atomic mass is 10.2. The van der Waals surface area contributed by atoms with Crippen molar-refractivity contribution in [3.05, 3.63) is 36.0 Å². The summed E-state index contributed by atoms with van der Waals surface area (Å²) < 4.78 is 30.5. The number of carbonyl (C=O) groups is 1. The number of amides is 1. The van der Waals surface area contributed by atoms with Crippen LogP contribution < -0.4 is 10.2 Å². The summed E-state index contributed by atoms with van der Waals surface area (Å²) in [6.07, 6.45) is 1.71. The molecule has 0 spiro atoms. The van der Waals surface area contributed by atoms with Crippen LogP contribution in [0.4, 0.5) is 11.5 Å². The number of carbonyl (C=O) groups excluding carboxylic acids is 1. The molecule has 0 saturated carbocycles. The average molecular weight is 451 g/mol. The van der Waals surface area contributed by atoms with Crippen LogP contribution in [0.2, 0.25) is 0 Å². The van der Waals surface area contributed by atoms with E-state index >= 15 is 0 Å². The van der Waals surface area contributed by atoms with Crippen molar-refractivity contribution in [1.82, 2.24) is 9.97 Å². The molecular formula is C21H30N4O5S. The summed E-state index contributed by atoms with van der Waals surface area (Å²) in [7, 11) is -2.74. The third-order valence-corrected chi connectivity index (χ3v) is 5.47. The van der Waals surface area contributed by atoms with Gasteiger partial charge in [0.25, 0.3) is 0 Å². The van der Waals surface area contributed by atoms with Gasteiger partial charge in [-0.3, -0.25) is 13.9 Å². The lowest BCUT2D eigenvalue weighted by Crippen LogP contribution is -2.37. The SMILES string of the molecule is CCOCCC(=O)Nc1ccc(-c2nc(CS(C)(O)O)cc(N3CCOCC3)n2)cc1. The molecule has 0 radical (unpaired) electrons. The number of rotatable bonds is 9. The van der Waals surface area contributed by atoms with Gasteiger partial charge in [0.1, 0.15) is 5.82 Å². The summed E-state index contributed by atoms with van der Waals surface area (Å²) in [5, 5.41) is 2.84. The number of hydrogen-bond donors (Lipinski definition) is 3. The Hall–Kier alpha value is -2.24. The minimum atomic E-state index is -2.74. The second-order valence-electron chi connectivity index (χ2n) is 7.35. The van der Waals surface area contributed by atoms with Gasteiger partial charge in [-0.1, -0.05) is 0 Å². The van der Waals surface area contributed by atoms with Crippen LogP contribution in [-0.4, -0.2) is 70.8 Å². The van der Waals surface area contributed by atoms with Crippen LogP contribution in [0.5, 0.6) is 0 Å². The minimum Gasteiger partial charge on any atom is -0.381 e. The van der Waals surface area contributed by atoms with E-state index in [9.17, 15) is 13.9 Å². The first-order valence-electron chi connectivity index (χ1n) is 10.2. The van der Waals surface area contributed by atoms with E-state index in [1.165, 1.54) is 6.26 Å². The maximum Gasteiger partial charge on any atom is 0.226 e. The van der Waals surface area contributed by atoms with Crippen LogP contribution in [0.1, 0.15) is 19.0 Å². The third kappa shape index (κ3) is 7.44. The number of aromatic nitrogens is 2. The first kappa shape index (κ1) is 23.4. The van der Waals surface area contributed by atoms with Gasteiger partial charge >= 0.3 is 0 Å². The van der Waals surface area contributed by atoms with Crippen LogP contribution >= 0.6 is 10.6 Å². The van der Waals surface area contributed by atoms with Gasteiger partial charge in [-0.2, -0.15) is 10.6 Å². The van der Waals surface area contributed by atoms with Gasteiger partial charge in [-0.15, -0.1) is 0 Å². The molecule has 1 fully saturated rings. The zero-order valence-electron chi connectivity index (χ0n) is 17.9. The first-order valence-corrected chi connectivity index (χ1v) is 12.4. The molecule has 1 aliphatic rings. The van der Waals surface area contributed by atoms with Gasteiger partial charge in [0.2, 0.25) is 5.91 Å². The Kier molecular flexibility index (Phi) is 8.22. The molecule has 31 heavy (non-hydrogen) atoms. The zero-order valence-corrected chi connectivity index (χ0v) is 18.7. The Morgan fingerprint density at radius 1 is 1.23 bits per heavy atom. The molecule has 1 saturated heterocycles. The molecule has 10 heteroatoms. The van der Waals surface area contributed by atoms with Gasteiger partial charge in [-0.05, 0) is 31.2 Å². The quantitative estimate of drug-likeness (QED) is 0.499. The highest BCUT2D eigenvalue weighted by Crippen LogP contribution is 2.38. The number of benzene rings is 1. The van der Waals surface area contributed by atoms with E-state index in [-0.39, 0.29) is 11.7 Å². The fraction of sp³-hybridized carbons (Fsp3) is 0.476. The Bertz CT molecular complexity index is 867. The molecular weight excluding hydrogens is 420 g/mol. The molecule has 3 N–H and O–H groups in total. The molecule has 0 unspecified atom stereocenters. The Balaban J connectivity index is 1.79. The smallest absolute Gasteiger partial charge is 0.226 e. The van der Waals surface area contributed by atoms with Crippen molar-refractivity contribution in [3.63, 3.8) is 0 Å². The molecule has 0 bridgehead atoms. The van der Waals surface area contributed by atoms with Crippen molar-refractivity contribution in [2.45, 2.75) is 19.1 Å². The Morgan fingerprint density at radius 3 is 2.58 bits per heavy atom. The molecule has 9 nitrogen and oxygen atoms in total. The van der Waals surface area contributed by atoms with Gasteiger partial charge in [0.15, 0.2) is 5.82 Å². The summed E-state index contributed by atoms with van der Waals surface area (Å²) >= 11 is 0. The van der Waals surface area contributed by atoms with E-state index < -0.39 is 10.6 Å². The fourth-order valence-corrected chi connectivity index (χ4v) is 3.86. The standard InChI is InChI=1S/C21H30N4O5S/c1-3-29-11-8-20(26)22-17-6-4-16(5-7-17)21-23-18(15-31(2,27)28)14-19(24-21)25-9-12-30-13-10-25/h4-7,14,27-28H,3,8-13,15H2,1-2H3,(H,22,26). The highest BCUT2D eigenvalue weighted by Gasteiger charge is 2.18. The lowest BCUT2D eigenvalue weighted by Gasteiger charge is -2.30. The molecule has 1 aromatic heterocycles. The van der Waals surface area contributed by atoms with Gasteiger partial charge in [0.05, 0.1) is 37.7 Å². The van der Waals surface area contributed by atoms with E-state index in [4.69, 9.17) is 14.5 Å². The van der Waals surface area contributed by atoms with E-state index in [0.717, 1.165) is 11.4 Å². The predicted molar refractivity (Wildman–Crippen MR) is 123 cm³/mol. The minimum absolute atomic E-state index is 0.0633. The summed E-state index contributed by atoms with van der Waals surface area (Å²) in [6.45, 7) is 5.53. The largest absolute Gasteiger partial charge is 0.381 e. The maximum absolute atomic E-state index is 12.0. The number of nitrogens with one attached hydrogen (secondary N) is 1. The van der Waals surface area contributed by atoms with Crippen molar-refractivity contribution >= 4 is 28.0 Å². The van der Waals surface area contributed by atoms with Crippen molar-refractivity contribution in [2.24, 2.45) is 0 Å². The van der Waals surface area contributed by atoms with E-state index in [0.29, 0.717) is 63.1 Å². The van der Waals surface area contributed by atoms with E-state index in [1.807, 2.05) is 19.1 Å². The number of nitrogens with zero attached hydrogens (tertiary/aromatic N) is 3. The van der Waals surface area contributed by atoms with Crippen molar-refractivity contribution in [1.29, 1.82) is 0 Å². The highest BCUT2D eigenvalue weighted by molar-refractivity contribution is 8.23. The third-order valence-electron chi connectivity index (χ3n) is 4.63. The Labute approximate surface area is 184 Å².